The van der Waals surface area contributed by atoms with Crippen LogP contribution in [0.1, 0.15) is 239 Å². The van der Waals surface area contributed by atoms with Crippen LogP contribution in [0.25, 0.3) is 0 Å². The molecule has 5 nitrogen and oxygen atoms in total. The van der Waals surface area contributed by atoms with Crippen molar-refractivity contribution in [2.24, 2.45) is 0 Å². The first-order valence-electron chi connectivity index (χ1n) is 26.8. The van der Waals surface area contributed by atoms with Gasteiger partial charge in [-0.1, -0.05) is 221 Å². The molecule has 0 aromatic rings. The molecule has 0 radical (unpaired) electrons. The molecule has 0 aliphatic rings. The van der Waals surface area contributed by atoms with Crippen molar-refractivity contribution in [3.05, 3.63) is 97.2 Å². The van der Waals surface area contributed by atoms with Gasteiger partial charge in [0.25, 0.3) is 0 Å². The predicted molar refractivity (Wildman–Crippen MR) is 279 cm³/mol. The maximum atomic E-state index is 12.8. The minimum atomic E-state index is -0.588. The van der Waals surface area contributed by atoms with Crippen LogP contribution in [0, 0.1) is 0 Å². The van der Waals surface area contributed by atoms with Crippen molar-refractivity contribution in [2.75, 3.05) is 19.8 Å². The number of hydrogen-bond donors (Lipinski definition) is 0. The summed E-state index contributed by atoms with van der Waals surface area (Å²) in [6, 6.07) is 0. The van der Waals surface area contributed by atoms with E-state index in [0.717, 1.165) is 77.0 Å². The molecule has 0 N–H and O–H groups in total. The third-order valence-electron chi connectivity index (χ3n) is 11.1. The molecule has 0 bridgehead atoms. The molecule has 0 fully saturated rings. The fourth-order valence-electron chi connectivity index (χ4n) is 7.14. The van der Waals surface area contributed by atoms with E-state index >= 15 is 0 Å². The van der Waals surface area contributed by atoms with Crippen LogP contribution < -0.4 is 0 Å². The highest BCUT2D eigenvalue weighted by atomic mass is 16.6. The van der Waals surface area contributed by atoms with Gasteiger partial charge in [-0.15, -0.1) is 0 Å². The van der Waals surface area contributed by atoms with Gasteiger partial charge in [-0.3, -0.25) is 9.59 Å². The van der Waals surface area contributed by atoms with Crippen LogP contribution >= 0.6 is 0 Å². The first kappa shape index (κ1) is 60.8. The molecule has 0 amide bonds. The topological polar surface area (TPSA) is 61.8 Å². The summed E-state index contributed by atoms with van der Waals surface area (Å²) < 4.78 is 17.3. The molecule has 0 heterocycles. The van der Waals surface area contributed by atoms with E-state index in [9.17, 15) is 9.59 Å². The second kappa shape index (κ2) is 54.2. The van der Waals surface area contributed by atoms with E-state index in [1.807, 2.05) is 12.2 Å². The summed E-state index contributed by atoms with van der Waals surface area (Å²) in [6.07, 6.45) is 73.0. The quantitative estimate of drug-likeness (QED) is 0.0346. The zero-order chi connectivity index (χ0) is 46.3. The van der Waals surface area contributed by atoms with Crippen LogP contribution in [0.2, 0.25) is 0 Å². The Morgan fingerprint density at radius 1 is 0.375 bits per heavy atom. The van der Waals surface area contributed by atoms with E-state index in [0.29, 0.717) is 13.0 Å². The van der Waals surface area contributed by atoms with Gasteiger partial charge in [-0.05, 0) is 103 Å². The fraction of sp³-hybridized carbons (Fsp3) is 0.695. The van der Waals surface area contributed by atoms with E-state index in [2.05, 4.69) is 106 Å². The van der Waals surface area contributed by atoms with Gasteiger partial charge >= 0.3 is 11.9 Å². The van der Waals surface area contributed by atoms with Crippen LogP contribution in [0.15, 0.2) is 97.2 Å². The molecule has 64 heavy (non-hydrogen) atoms. The molecule has 0 aliphatic heterocycles. The van der Waals surface area contributed by atoms with Crippen molar-refractivity contribution in [3.8, 4) is 0 Å². The highest BCUT2D eigenvalue weighted by molar-refractivity contribution is 5.71. The Bertz CT molecular complexity index is 1230. The lowest BCUT2D eigenvalue weighted by Gasteiger charge is -2.18. The molecule has 0 aliphatic carbocycles. The number of rotatable bonds is 48. The SMILES string of the molecule is CC/C=C\C/C=C\C/C=C\C/C=C\C/C=C\CC(=O)OCC(COCCCCCCCCCC/C=C\C/C=C\CCCCC)OC(=O)CCCCCCC/C=C\CCCCCCCC. The number of carbonyl (C=O) groups is 2. The van der Waals surface area contributed by atoms with Gasteiger partial charge in [-0.25, -0.2) is 0 Å². The van der Waals surface area contributed by atoms with Crippen LogP contribution in [0.4, 0.5) is 0 Å². The van der Waals surface area contributed by atoms with Gasteiger partial charge in [0.2, 0.25) is 0 Å². The Labute approximate surface area is 396 Å². The van der Waals surface area contributed by atoms with E-state index in [-0.39, 0.29) is 31.6 Å². The number of carbonyl (C=O) groups excluding carboxylic acids is 2. The summed E-state index contributed by atoms with van der Waals surface area (Å²) in [5, 5.41) is 0. The zero-order valence-corrected chi connectivity index (χ0v) is 42.0. The summed E-state index contributed by atoms with van der Waals surface area (Å²) in [4.78, 5) is 25.4. The minimum Gasteiger partial charge on any atom is -0.461 e. The van der Waals surface area contributed by atoms with Gasteiger partial charge in [-0.2, -0.15) is 0 Å². The molecule has 5 heteroatoms. The molecule has 0 aromatic carbocycles. The van der Waals surface area contributed by atoms with Gasteiger partial charge in [0.15, 0.2) is 6.10 Å². The molecule has 1 unspecified atom stereocenters. The molecule has 0 rings (SSSR count). The van der Waals surface area contributed by atoms with Crippen LogP contribution in [-0.4, -0.2) is 37.9 Å². The Morgan fingerprint density at radius 3 is 1.25 bits per heavy atom. The number of esters is 2. The van der Waals surface area contributed by atoms with Gasteiger partial charge in [0, 0.05) is 13.0 Å². The first-order chi connectivity index (χ1) is 31.6. The van der Waals surface area contributed by atoms with Gasteiger partial charge in [0.05, 0.1) is 13.0 Å². The molecule has 0 spiro atoms. The highest BCUT2D eigenvalue weighted by Crippen LogP contribution is 2.13. The monoisotopic (exact) mass is 889 g/mol. The second-order valence-corrected chi connectivity index (χ2v) is 17.4. The molecular formula is C59H100O5. The summed E-state index contributed by atoms with van der Waals surface area (Å²) in [7, 11) is 0. The van der Waals surface area contributed by atoms with Crippen LogP contribution in [0.3, 0.4) is 0 Å². The number of unbranched alkanes of at least 4 members (excludes halogenated alkanes) is 22. The van der Waals surface area contributed by atoms with Crippen molar-refractivity contribution in [1.82, 2.24) is 0 Å². The second-order valence-electron chi connectivity index (χ2n) is 17.4. The van der Waals surface area contributed by atoms with E-state index in [1.165, 1.54) is 128 Å². The van der Waals surface area contributed by atoms with Gasteiger partial charge in [0.1, 0.15) is 6.61 Å². The van der Waals surface area contributed by atoms with Crippen molar-refractivity contribution >= 4 is 11.9 Å². The highest BCUT2D eigenvalue weighted by Gasteiger charge is 2.17. The van der Waals surface area contributed by atoms with Crippen LogP contribution in [-0.2, 0) is 23.8 Å². The summed E-state index contributed by atoms with van der Waals surface area (Å²) in [5.74, 6) is -0.557. The zero-order valence-electron chi connectivity index (χ0n) is 42.0. The molecule has 0 saturated heterocycles. The van der Waals surface area contributed by atoms with Crippen molar-refractivity contribution < 1.29 is 23.8 Å². The maximum absolute atomic E-state index is 12.8. The lowest BCUT2D eigenvalue weighted by atomic mass is 10.1. The normalized spacial score (nSPS) is 13.0. The number of hydrogen-bond acceptors (Lipinski definition) is 5. The molecule has 0 aromatic heterocycles. The lowest BCUT2D eigenvalue weighted by molar-refractivity contribution is -0.162. The van der Waals surface area contributed by atoms with Gasteiger partial charge < -0.3 is 14.2 Å². The number of allylic oxidation sites excluding steroid dienone is 15. The summed E-state index contributed by atoms with van der Waals surface area (Å²) >= 11 is 0. The Kier molecular flexibility index (Phi) is 51.5. The van der Waals surface area contributed by atoms with E-state index in [1.54, 1.807) is 0 Å². The predicted octanol–water partition coefficient (Wildman–Crippen LogP) is 18.2. The average molecular weight is 889 g/mol. The Morgan fingerprint density at radius 2 is 0.750 bits per heavy atom. The largest absolute Gasteiger partial charge is 0.461 e. The lowest BCUT2D eigenvalue weighted by Crippen LogP contribution is -2.30. The Balaban J connectivity index is 4.41. The average Bonchev–Trinajstić information content (AvgIpc) is 3.30. The van der Waals surface area contributed by atoms with Crippen molar-refractivity contribution in [2.45, 2.75) is 245 Å². The third kappa shape index (κ3) is 51.5. The summed E-state index contributed by atoms with van der Waals surface area (Å²) in [5.41, 5.74) is 0. The van der Waals surface area contributed by atoms with E-state index < -0.39 is 6.10 Å². The Hall–Kier alpha value is -3.18. The van der Waals surface area contributed by atoms with Crippen LogP contribution in [0.5, 0.6) is 0 Å². The fourth-order valence-corrected chi connectivity index (χ4v) is 7.14. The number of ether oxygens (including phenoxy) is 3. The molecule has 1 atom stereocenters. The molecule has 366 valence electrons. The molecule has 0 saturated carbocycles. The smallest absolute Gasteiger partial charge is 0.309 e. The maximum Gasteiger partial charge on any atom is 0.309 e. The van der Waals surface area contributed by atoms with E-state index in [4.69, 9.17) is 14.2 Å². The standard InChI is InChI=1S/C59H100O5/c1-4-7-10-13-16-19-22-25-28-29-30-33-36-39-42-45-48-51-54-62-55-57(64-59(61)53-50-47-44-41-38-35-32-27-24-21-18-15-12-9-6-3)56-63-58(60)52-49-46-43-40-37-34-31-26-23-20-17-14-11-8-5-2/h8,11,16-17,19-20,25-28,31-32,37,40,46,49,57H,4-7,9-10,12-15,18,21-24,29-30,33-36,38-39,41-45,47-48,50-56H2,1-3H3/b11-8-,19-16-,20-17-,28-25-,31-26-,32-27-,40-37-,49-46-. The minimum absolute atomic E-state index is 0.0214. The molecular weight excluding hydrogens is 789 g/mol. The first-order valence-corrected chi connectivity index (χ1v) is 26.8. The van der Waals surface area contributed by atoms with Crippen molar-refractivity contribution in [3.63, 3.8) is 0 Å². The third-order valence-corrected chi connectivity index (χ3v) is 11.1. The van der Waals surface area contributed by atoms with Crippen molar-refractivity contribution in [1.29, 1.82) is 0 Å². The summed E-state index contributed by atoms with van der Waals surface area (Å²) in [6.45, 7) is 7.56.